The third kappa shape index (κ3) is 4.38. The topological polar surface area (TPSA) is 128 Å². The quantitative estimate of drug-likeness (QED) is 0.297. The van der Waals surface area contributed by atoms with E-state index in [1.165, 1.54) is 10.7 Å². The largest absolute Gasteiger partial charge is 0.504 e. The molecule has 5 aromatic rings. The van der Waals surface area contributed by atoms with Gasteiger partial charge in [-0.25, -0.2) is 9.97 Å². The number of rotatable bonds is 7. The van der Waals surface area contributed by atoms with Gasteiger partial charge < -0.3 is 20.9 Å². The van der Waals surface area contributed by atoms with Crippen LogP contribution in [0.1, 0.15) is 27.7 Å². The number of aromatic hydroxyl groups is 1. The van der Waals surface area contributed by atoms with E-state index < -0.39 is 0 Å². The number of aromatic nitrogens is 3. The molecule has 3 heterocycles. The van der Waals surface area contributed by atoms with Gasteiger partial charge in [-0.15, -0.1) is 11.3 Å². The summed E-state index contributed by atoms with van der Waals surface area (Å²) in [7, 11) is 0. The average molecular weight is 487 g/mol. The van der Waals surface area contributed by atoms with Crippen LogP contribution in [0.4, 0.5) is 5.82 Å². The highest BCUT2D eigenvalue weighted by Crippen LogP contribution is 2.29. The Balaban J connectivity index is 1.59. The van der Waals surface area contributed by atoms with Gasteiger partial charge in [0.25, 0.3) is 5.91 Å². The van der Waals surface area contributed by atoms with Crippen molar-refractivity contribution in [3.05, 3.63) is 76.0 Å². The molecule has 0 saturated carbocycles. The molecule has 3 aromatic heterocycles. The first-order valence-electron chi connectivity index (χ1n) is 10.9. The Kier molecular flexibility index (Phi) is 6.02. The van der Waals surface area contributed by atoms with Crippen molar-refractivity contribution in [2.75, 3.05) is 12.3 Å². The number of anilines is 1. The Morgan fingerprint density at radius 1 is 1.20 bits per heavy atom. The molecule has 0 saturated heterocycles. The first-order valence-corrected chi connectivity index (χ1v) is 11.8. The van der Waals surface area contributed by atoms with Crippen LogP contribution in [0.2, 0.25) is 0 Å². The highest BCUT2D eigenvalue weighted by Gasteiger charge is 2.24. The molecule has 0 aliphatic rings. The maximum atomic E-state index is 13.2. The predicted molar refractivity (Wildman–Crippen MR) is 137 cm³/mol. The molecule has 0 bridgehead atoms. The highest BCUT2D eigenvalue weighted by molar-refractivity contribution is 7.09. The van der Waals surface area contributed by atoms with Crippen LogP contribution in [-0.4, -0.2) is 38.5 Å². The van der Waals surface area contributed by atoms with Gasteiger partial charge in [0, 0.05) is 4.88 Å². The van der Waals surface area contributed by atoms with E-state index in [9.17, 15) is 9.90 Å². The lowest BCUT2D eigenvalue weighted by Gasteiger charge is -2.06. The number of ether oxygens (including phenoxy) is 1. The maximum Gasteiger partial charge on any atom is 0.257 e. The fourth-order valence-corrected chi connectivity index (χ4v) is 4.31. The number of carbonyl (C=O) groups is 1. The van der Waals surface area contributed by atoms with Crippen molar-refractivity contribution in [3.63, 3.8) is 0 Å². The number of amides is 1. The number of phenols is 1. The molecule has 2 aromatic carbocycles. The van der Waals surface area contributed by atoms with Gasteiger partial charge in [-0.2, -0.15) is 9.78 Å². The summed E-state index contributed by atoms with van der Waals surface area (Å²) in [6.07, 6.45) is 1.56. The first-order chi connectivity index (χ1) is 17.0. The van der Waals surface area contributed by atoms with E-state index in [1.54, 1.807) is 29.7 Å². The van der Waals surface area contributed by atoms with Crippen LogP contribution in [0.3, 0.4) is 0 Å². The molecule has 9 nitrogen and oxygen atoms in total. The number of nitrogens with one attached hydrogen (secondary N) is 1. The lowest BCUT2D eigenvalue weighted by molar-refractivity contribution is 0.0953. The molecule has 5 rings (SSSR count). The standard InChI is InChI=1S/C25H22N6O3S/c1-2-34-20-12-15(9-10-19(20)32)13-28-31-23(26)21(25(33)27-14-16-6-5-11-35-16)22-24(31)30-18-8-4-3-7-17(18)29-22/h3-13,32H,2,14,26H2,1H3,(H,27,33). The zero-order valence-corrected chi connectivity index (χ0v) is 19.6. The van der Waals surface area contributed by atoms with Gasteiger partial charge in [0.15, 0.2) is 17.1 Å². The number of nitrogen functional groups attached to an aromatic ring is 1. The second kappa shape index (κ2) is 9.43. The summed E-state index contributed by atoms with van der Waals surface area (Å²) < 4.78 is 6.85. The number of hydrogen-bond acceptors (Lipinski definition) is 8. The molecule has 0 unspecified atom stereocenters. The van der Waals surface area contributed by atoms with Gasteiger partial charge >= 0.3 is 0 Å². The van der Waals surface area contributed by atoms with Gasteiger partial charge in [0.1, 0.15) is 16.9 Å². The lowest BCUT2D eigenvalue weighted by atomic mass is 10.2. The smallest absolute Gasteiger partial charge is 0.257 e. The minimum Gasteiger partial charge on any atom is -0.504 e. The van der Waals surface area contributed by atoms with Crippen molar-refractivity contribution in [3.8, 4) is 11.5 Å². The molecular weight excluding hydrogens is 464 g/mol. The van der Waals surface area contributed by atoms with Crippen molar-refractivity contribution >= 4 is 51.5 Å². The van der Waals surface area contributed by atoms with E-state index in [2.05, 4.69) is 20.4 Å². The summed E-state index contributed by atoms with van der Waals surface area (Å²) >= 11 is 1.56. The molecule has 0 atom stereocenters. The minimum atomic E-state index is -0.359. The van der Waals surface area contributed by atoms with Crippen LogP contribution >= 0.6 is 11.3 Å². The molecule has 0 aliphatic carbocycles. The van der Waals surface area contributed by atoms with Gasteiger partial charge in [-0.3, -0.25) is 4.79 Å². The van der Waals surface area contributed by atoms with E-state index in [4.69, 9.17) is 10.5 Å². The van der Waals surface area contributed by atoms with Crippen molar-refractivity contribution in [1.29, 1.82) is 0 Å². The van der Waals surface area contributed by atoms with Crippen LogP contribution < -0.4 is 15.8 Å². The summed E-state index contributed by atoms with van der Waals surface area (Å²) in [5, 5.41) is 19.3. The molecule has 1 amide bonds. The van der Waals surface area contributed by atoms with Crippen LogP contribution in [0.25, 0.3) is 22.2 Å². The number of carbonyl (C=O) groups excluding carboxylic acids is 1. The molecule has 0 radical (unpaired) electrons. The molecule has 0 spiro atoms. The number of thiophene rings is 1. The number of nitrogens with two attached hydrogens (primary N) is 1. The minimum absolute atomic E-state index is 0.0389. The van der Waals surface area contributed by atoms with Crippen molar-refractivity contribution in [2.45, 2.75) is 13.5 Å². The van der Waals surface area contributed by atoms with Gasteiger partial charge in [0.05, 0.1) is 30.4 Å². The van der Waals surface area contributed by atoms with Gasteiger partial charge in [0.2, 0.25) is 0 Å². The Morgan fingerprint density at radius 3 is 2.74 bits per heavy atom. The van der Waals surface area contributed by atoms with E-state index in [0.29, 0.717) is 46.7 Å². The maximum absolute atomic E-state index is 13.2. The van der Waals surface area contributed by atoms with Crippen molar-refractivity contribution in [2.24, 2.45) is 5.10 Å². The average Bonchev–Trinajstić information content (AvgIpc) is 3.47. The van der Waals surface area contributed by atoms with E-state index >= 15 is 0 Å². The zero-order valence-electron chi connectivity index (χ0n) is 18.8. The summed E-state index contributed by atoms with van der Waals surface area (Å²) in [4.78, 5) is 23.6. The fraction of sp³-hybridized carbons (Fsp3) is 0.120. The molecule has 35 heavy (non-hydrogen) atoms. The molecular formula is C25H22N6O3S. The van der Waals surface area contributed by atoms with E-state index in [-0.39, 0.29) is 23.0 Å². The number of nitrogens with zero attached hydrogens (tertiary/aromatic N) is 4. The predicted octanol–water partition coefficient (Wildman–Crippen LogP) is 4.14. The molecule has 0 fully saturated rings. The molecule has 176 valence electrons. The highest BCUT2D eigenvalue weighted by atomic mass is 32.1. The zero-order chi connectivity index (χ0) is 24.4. The normalized spacial score (nSPS) is 11.5. The molecule has 10 heteroatoms. The number of fused-ring (bicyclic) bond motifs is 2. The van der Waals surface area contributed by atoms with E-state index in [1.807, 2.05) is 48.7 Å². The van der Waals surface area contributed by atoms with Crippen LogP contribution in [0.15, 0.2) is 65.1 Å². The Bertz CT molecular complexity index is 1560. The van der Waals surface area contributed by atoms with E-state index in [0.717, 1.165) is 4.88 Å². The monoisotopic (exact) mass is 486 g/mol. The Hall–Kier alpha value is -4.44. The Labute approximate surface area is 204 Å². The van der Waals surface area contributed by atoms with Crippen molar-refractivity contribution < 1.29 is 14.6 Å². The third-order valence-electron chi connectivity index (χ3n) is 5.31. The second-order valence-corrected chi connectivity index (χ2v) is 8.66. The van der Waals surface area contributed by atoms with Crippen molar-refractivity contribution in [1.82, 2.24) is 20.0 Å². The van der Waals surface area contributed by atoms with Crippen LogP contribution in [0.5, 0.6) is 11.5 Å². The van der Waals surface area contributed by atoms with Gasteiger partial charge in [-0.1, -0.05) is 18.2 Å². The summed E-state index contributed by atoms with van der Waals surface area (Å²) in [5.74, 6) is 0.153. The third-order valence-corrected chi connectivity index (χ3v) is 6.19. The number of phenolic OH excluding ortho intramolecular Hbond substituents is 1. The number of benzene rings is 2. The van der Waals surface area contributed by atoms with Gasteiger partial charge in [-0.05, 0) is 54.3 Å². The SMILES string of the molecule is CCOc1cc(C=Nn2c(N)c(C(=O)NCc3cccs3)c3nc4ccccc4nc32)ccc1O. The molecule has 4 N–H and O–H groups in total. The fourth-order valence-electron chi connectivity index (χ4n) is 3.66. The number of para-hydroxylation sites is 2. The second-order valence-electron chi connectivity index (χ2n) is 7.62. The summed E-state index contributed by atoms with van der Waals surface area (Å²) in [6.45, 7) is 2.62. The first kappa shape index (κ1) is 22.4. The van der Waals surface area contributed by atoms with Crippen LogP contribution in [-0.2, 0) is 6.54 Å². The summed E-state index contributed by atoms with van der Waals surface area (Å²) in [6, 6.07) is 16.2. The van der Waals surface area contributed by atoms with Crippen LogP contribution in [0, 0.1) is 0 Å². The summed E-state index contributed by atoms with van der Waals surface area (Å²) in [5.41, 5.74) is 9.36. The Morgan fingerprint density at radius 2 is 2.00 bits per heavy atom. The number of hydrogen-bond donors (Lipinski definition) is 3. The lowest BCUT2D eigenvalue weighted by Crippen LogP contribution is -2.23. The molecule has 0 aliphatic heterocycles.